The number of hydrogen-bond donors (Lipinski definition) is 1. The molecule has 0 radical (unpaired) electrons. The first-order valence-electron chi connectivity index (χ1n) is 7.34. The second kappa shape index (κ2) is 7.18. The number of nitrogens with one attached hydrogen (secondary N) is 1. The van der Waals surface area contributed by atoms with Gasteiger partial charge in [-0.05, 0) is 54.9 Å². The number of benzene rings is 1. The molecule has 0 saturated carbocycles. The van der Waals surface area contributed by atoms with E-state index in [0.29, 0.717) is 0 Å². The van der Waals surface area contributed by atoms with Gasteiger partial charge in [0.15, 0.2) is 0 Å². The minimum absolute atomic E-state index is 0.227. The minimum atomic E-state index is -0.227. The monoisotopic (exact) mass is 287 g/mol. The molecule has 0 bridgehead atoms. The summed E-state index contributed by atoms with van der Waals surface area (Å²) >= 11 is 0. The normalized spacial score (nSPS) is 10.7. The van der Waals surface area contributed by atoms with Gasteiger partial charge < -0.3 is 10.2 Å². The first kappa shape index (κ1) is 15.4. The summed E-state index contributed by atoms with van der Waals surface area (Å²) in [6, 6.07) is 10.7. The maximum Gasteiger partial charge on any atom is 0.133 e. The van der Waals surface area contributed by atoms with Crippen molar-refractivity contribution in [2.45, 2.75) is 26.8 Å². The van der Waals surface area contributed by atoms with E-state index >= 15 is 0 Å². The molecule has 3 nitrogen and oxygen atoms in total. The summed E-state index contributed by atoms with van der Waals surface area (Å²) < 4.78 is 13.0. The van der Waals surface area contributed by atoms with Gasteiger partial charge in [0.2, 0.25) is 0 Å². The third-order valence-electron chi connectivity index (χ3n) is 3.42. The lowest BCUT2D eigenvalue weighted by molar-refractivity contribution is 0.628. The number of aryl methyl sites for hydroxylation is 1. The molecular formula is C17H22FN3. The summed E-state index contributed by atoms with van der Waals surface area (Å²) in [7, 11) is 1.95. The Labute approximate surface area is 125 Å². The summed E-state index contributed by atoms with van der Waals surface area (Å²) in [6.45, 7) is 5.96. The smallest absolute Gasteiger partial charge is 0.133 e. The van der Waals surface area contributed by atoms with E-state index in [0.717, 1.165) is 36.7 Å². The molecule has 112 valence electrons. The van der Waals surface area contributed by atoms with E-state index in [1.807, 2.05) is 11.9 Å². The largest absolute Gasteiger partial charge is 0.329 e. The molecule has 1 aromatic carbocycles. The number of rotatable bonds is 6. The van der Waals surface area contributed by atoms with E-state index in [1.54, 1.807) is 12.1 Å². The van der Waals surface area contributed by atoms with E-state index in [9.17, 15) is 4.39 Å². The van der Waals surface area contributed by atoms with E-state index in [2.05, 4.69) is 36.3 Å². The van der Waals surface area contributed by atoms with E-state index < -0.39 is 0 Å². The van der Waals surface area contributed by atoms with Crippen LogP contribution in [0.4, 0.5) is 15.9 Å². The Bertz CT molecular complexity index is 581. The van der Waals surface area contributed by atoms with Crippen LogP contribution < -0.4 is 10.2 Å². The average molecular weight is 287 g/mol. The van der Waals surface area contributed by atoms with Crippen molar-refractivity contribution in [3.63, 3.8) is 0 Å². The molecule has 0 aliphatic carbocycles. The van der Waals surface area contributed by atoms with Crippen LogP contribution in [-0.2, 0) is 13.0 Å². The molecule has 2 aromatic rings. The zero-order valence-electron chi connectivity index (χ0n) is 12.9. The molecule has 21 heavy (non-hydrogen) atoms. The van der Waals surface area contributed by atoms with Gasteiger partial charge in [-0.3, -0.25) is 0 Å². The molecule has 0 amide bonds. The highest BCUT2D eigenvalue weighted by molar-refractivity contribution is 5.59. The van der Waals surface area contributed by atoms with Gasteiger partial charge >= 0.3 is 0 Å². The van der Waals surface area contributed by atoms with Crippen LogP contribution in [0.25, 0.3) is 0 Å². The van der Waals surface area contributed by atoms with Gasteiger partial charge in [0.1, 0.15) is 11.6 Å². The van der Waals surface area contributed by atoms with E-state index in [4.69, 9.17) is 0 Å². The summed E-state index contributed by atoms with van der Waals surface area (Å²) in [4.78, 5) is 6.64. The maximum absolute atomic E-state index is 13.0. The van der Waals surface area contributed by atoms with Crippen LogP contribution in [0.5, 0.6) is 0 Å². The lowest BCUT2D eigenvalue weighted by atomic mass is 10.2. The van der Waals surface area contributed by atoms with Crippen LogP contribution in [0.1, 0.15) is 25.1 Å². The van der Waals surface area contributed by atoms with Crippen LogP contribution in [-0.4, -0.2) is 18.6 Å². The van der Waals surface area contributed by atoms with Crippen molar-refractivity contribution >= 4 is 11.5 Å². The van der Waals surface area contributed by atoms with Crippen molar-refractivity contribution < 1.29 is 4.39 Å². The van der Waals surface area contributed by atoms with Crippen LogP contribution in [0.15, 0.2) is 36.4 Å². The van der Waals surface area contributed by atoms with Gasteiger partial charge in [-0.2, -0.15) is 0 Å². The SMILES string of the molecule is CCNCc1cc(CC)nc(N(C)c2ccc(F)cc2)c1. The number of nitrogens with zero attached hydrogens (tertiary/aromatic N) is 2. The molecule has 4 heteroatoms. The molecule has 0 unspecified atom stereocenters. The van der Waals surface area contributed by atoms with Gasteiger partial charge in [0, 0.05) is 25.0 Å². The molecule has 1 aromatic heterocycles. The lowest BCUT2D eigenvalue weighted by Gasteiger charge is -2.20. The third-order valence-corrected chi connectivity index (χ3v) is 3.42. The second-order valence-electron chi connectivity index (χ2n) is 4.99. The molecule has 0 fully saturated rings. The van der Waals surface area contributed by atoms with Crippen molar-refractivity contribution in [3.05, 3.63) is 53.5 Å². The van der Waals surface area contributed by atoms with Crippen LogP contribution in [0, 0.1) is 5.82 Å². The number of hydrogen-bond acceptors (Lipinski definition) is 3. The predicted octanol–water partition coefficient (Wildman–Crippen LogP) is 3.66. The number of aromatic nitrogens is 1. The number of anilines is 2. The first-order chi connectivity index (χ1) is 10.1. The third kappa shape index (κ3) is 4.02. The Kier molecular flexibility index (Phi) is 5.28. The Morgan fingerprint density at radius 1 is 1.14 bits per heavy atom. The van der Waals surface area contributed by atoms with Crippen molar-refractivity contribution in [3.8, 4) is 0 Å². The van der Waals surface area contributed by atoms with Crippen molar-refractivity contribution in [2.24, 2.45) is 0 Å². The summed E-state index contributed by atoms with van der Waals surface area (Å²) in [5.41, 5.74) is 3.20. The Morgan fingerprint density at radius 2 is 1.86 bits per heavy atom. The fourth-order valence-corrected chi connectivity index (χ4v) is 2.15. The predicted molar refractivity (Wildman–Crippen MR) is 85.5 cm³/mol. The fourth-order valence-electron chi connectivity index (χ4n) is 2.15. The molecule has 0 aliphatic rings. The minimum Gasteiger partial charge on any atom is -0.329 e. The highest BCUT2D eigenvalue weighted by Crippen LogP contribution is 2.23. The Balaban J connectivity index is 2.30. The zero-order valence-corrected chi connectivity index (χ0v) is 12.9. The molecule has 1 heterocycles. The lowest BCUT2D eigenvalue weighted by Crippen LogP contribution is -2.15. The zero-order chi connectivity index (χ0) is 15.2. The molecule has 0 atom stereocenters. The van der Waals surface area contributed by atoms with Crippen LogP contribution in [0.2, 0.25) is 0 Å². The fraction of sp³-hybridized carbons (Fsp3) is 0.353. The summed E-state index contributed by atoms with van der Waals surface area (Å²) in [6.07, 6.45) is 0.893. The van der Waals surface area contributed by atoms with Gasteiger partial charge in [-0.1, -0.05) is 13.8 Å². The maximum atomic E-state index is 13.0. The standard InChI is InChI=1S/C17H22FN3/c1-4-15-10-13(12-19-5-2)11-17(20-15)21(3)16-8-6-14(18)7-9-16/h6-11,19H,4-5,12H2,1-3H3. The average Bonchev–Trinajstić information content (AvgIpc) is 2.52. The molecule has 0 aliphatic heterocycles. The molecule has 1 N–H and O–H groups in total. The first-order valence-corrected chi connectivity index (χ1v) is 7.34. The van der Waals surface area contributed by atoms with Crippen molar-refractivity contribution in [2.75, 3.05) is 18.5 Å². The molecule has 0 spiro atoms. The number of halogens is 1. The quantitative estimate of drug-likeness (QED) is 0.879. The second-order valence-corrected chi connectivity index (χ2v) is 4.99. The number of pyridine rings is 1. The Hall–Kier alpha value is -1.94. The van der Waals surface area contributed by atoms with Crippen molar-refractivity contribution in [1.29, 1.82) is 0 Å². The summed E-state index contributed by atoms with van der Waals surface area (Å²) in [5, 5.41) is 3.33. The van der Waals surface area contributed by atoms with Crippen molar-refractivity contribution in [1.82, 2.24) is 10.3 Å². The highest BCUT2D eigenvalue weighted by Gasteiger charge is 2.08. The molecule has 0 saturated heterocycles. The molecular weight excluding hydrogens is 265 g/mol. The van der Waals surface area contributed by atoms with Gasteiger partial charge in [0.05, 0.1) is 0 Å². The van der Waals surface area contributed by atoms with Gasteiger partial charge in [0.25, 0.3) is 0 Å². The van der Waals surface area contributed by atoms with Crippen LogP contribution >= 0.6 is 0 Å². The van der Waals surface area contributed by atoms with Crippen LogP contribution in [0.3, 0.4) is 0 Å². The highest BCUT2D eigenvalue weighted by atomic mass is 19.1. The van der Waals surface area contributed by atoms with E-state index in [-0.39, 0.29) is 5.82 Å². The van der Waals surface area contributed by atoms with E-state index in [1.165, 1.54) is 17.7 Å². The van der Waals surface area contributed by atoms with Gasteiger partial charge in [-0.25, -0.2) is 9.37 Å². The van der Waals surface area contributed by atoms with Gasteiger partial charge in [-0.15, -0.1) is 0 Å². The molecule has 2 rings (SSSR count). The Morgan fingerprint density at radius 3 is 2.48 bits per heavy atom. The summed E-state index contributed by atoms with van der Waals surface area (Å²) in [5.74, 6) is 0.657. The topological polar surface area (TPSA) is 28.2 Å².